The number of nitrogens with one attached hydrogen (secondary N) is 1. The van der Waals surface area contributed by atoms with Gasteiger partial charge in [-0.05, 0) is 40.6 Å². The molecule has 2 atom stereocenters. The third-order valence-corrected chi connectivity index (χ3v) is 6.81. The van der Waals surface area contributed by atoms with Crippen molar-refractivity contribution >= 4 is 28.2 Å². The first kappa shape index (κ1) is 26.3. The quantitative estimate of drug-likeness (QED) is 0.279. The van der Waals surface area contributed by atoms with E-state index in [2.05, 4.69) is 20.5 Å². The summed E-state index contributed by atoms with van der Waals surface area (Å²) in [6.07, 6.45) is -2.25. The normalized spacial score (nSPS) is 13.8. The molecule has 4 aromatic rings. The Bertz CT molecular complexity index is 1380. The number of fused-ring (bicyclic) bond motifs is 1. The van der Waals surface area contributed by atoms with Crippen molar-refractivity contribution in [3.8, 4) is 15.8 Å². The summed E-state index contributed by atoms with van der Waals surface area (Å²) in [5.74, 6) is -0.493. The lowest BCUT2D eigenvalue weighted by Gasteiger charge is -2.37. The van der Waals surface area contributed by atoms with Gasteiger partial charge in [0, 0.05) is 29.3 Å². The summed E-state index contributed by atoms with van der Waals surface area (Å²) in [6, 6.07) is 11.7. The Morgan fingerprint density at radius 1 is 1.05 bits per heavy atom. The molecule has 11 heteroatoms. The van der Waals surface area contributed by atoms with Crippen LogP contribution in [0.15, 0.2) is 60.9 Å². The molecule has 0 aliphatic carbocycles. The number of ether oxygens (including phenoxy) is 1. The van der Waals surface area contributed by atoms with Gasteiger partial charge in [0.15, 0.2) is 5.01 Å². The zero-order valence-electron chi connectivity index (χ0n) is 20.3. The van der Waals surface area contributed by atoms with Crippen LogP contribution in [0.5, 0.6) is 5.19 Å². The highest BCUT2D eigenvalue weighted by atomic mass is 32.1. The lowest BCUT2D eigenvalue weighted by Crippen LogP contribution is -2.46. The summed E-state index contributed by atoms with van der Waals surface area (Å²) >= 11 is 1.21. The van der Waals surface area contributed by atoms with Crippen LogP contribution in [0.25, 0.3) is 21.3 Å². The lowest BCUT2D eigenvalue weighted by molar-refractivity contribution is -0.137. The molecule has 1 unspecified atom stereocenters. The lowest BCUT2D eigenvalue weighted by atomic mass is 9.72. The van der Waals surface area contributed by atoms with E-state index in [1.54, 1.807) is 12.4 Å². The van der Waals surface area contributed by atoms with Crippen molar-refractivity contribution in [3.05, 3.63) is 72.1 Å². The van der Waals surface area contributed by atoms with Crippen molar-refractivity contribution in [3.63, 3.8) is 0 Å². The summed E-state index contributed by atoms with van der Waals surface area (Å²) in [7, 11) is 0. The topological polar surface area (TPSA) is 97.2 Å². The second kappa shape index (κ2) is 10.3. The predicted octanol–water partition coefficient (Wildman–Crippen LogP) is 6.62. The molecule has 2 heterocycles. The van der Waals surface area contributed by atoms with Crippen molar-refractivity contribution in [2.45, 2.75) is 38.9 Å². The fourth-order valence-electron chi connectivity index (χ4n) is 4.36. The number of alkyl halides is 3. The van der Waals surface area contributed by atoms with Crippen molar-refractivity contribution in [2.24, 2.45) is 5.41 Å². The number of hydrogen-bond donors (Lipinski definition) is 2. The maximum Gasteiger partial charge on any atom is 0.416 e. The van der Waals surface area contributed by atoms with E-state index in [0.717, 1.165) is 28.5 Å². The van der Waals surface area contributed by atoms with Crippen molar-refractivity contribution < 1.29 is 27.8 Å². The highest BCUT2D eigenvalue weighted by Crippen LogP contribution is 2.40. The van der Waals surface area contributed by atoms with Crippen LogP contribution in [0.4, 0.5) is 18.0 Å². The van der Waals surface area contributed by atoms with Crippen LogP contribution in [0, 0.1) is 5.41 Å². The largest absolute Gasteiger partial charge is 0.467 e. The predicted molar refractivity (Wildman–Crippen MR) is 135 cm³/mol. The second-order valence-corrected chi connectivity index (χ2v) is 10.6. The molecule has 37 heavy (non-hydrogen) atoms. The van der Waals surface area contributed by atoms with E-state index in [1.807, 2.05) is 45.0 Å². The number of benzene rings is 2. The first-order valence-electron chi connectivity index (χ1n) is 11.4. The molecule has 0 saturated carbocycles. The molecule has 0 aliphatic rings. The molecular weight excluding hydrogens is 505 g/mol. The maximum absolute atomic E-state index is 13.1. The van der Waals surface area contributed by atoms with E-state index in [-0.39, 0.29) is 11.8 Å². The number of carbonyl (C=O) groups is 1. The van der Waals surface area contributed by atoms with E-state index in [9.17, 15) is 23.1 Å². The van der Waals surface area contributed by atoms with Crippen molar-refractivity contribution in [2.75, 3.05) is 6.61 Å². The molecule has 0 saturated heterocycles. The first-order chi connectivity index (χ1) is 17.4. The number of rotatable bonds is 7. The maximum atomic E-state index is 13.1. The molecule has 0 aliphatic heterocycles. The third kappa shape index (κ3) is 6.34. The number of aromatic nitrogens is 3. The number of pyridine rings is 1. The Balaban J connectivity index is 1.56. The average molecular weight is 531 g/mol. The number of nitrogens with zero attached hydrogens (tertiary/aromatic N) is 3. The van der Waals surface area contributed by atoms with Gasteiger partial charge in [0.05, 0.1) is 11.6 Å². The van der Waals surface area contributed by atoms with E-state index < -0.39 is 35.2 Å². The molecule has 2 N–H and O–H groups in total. The second-order valence-electron chi connectivity index (χ2n) is 9.64. The van der Waals surface area contributed by atoms with Crippen LogP contribution in [0.1, 0.15) is 37.8 Å². The number of amides is 1. The van der Waals surface area contributed by atoms with Gasteiger partial charge < -0.3 is 15.2 Å². The Morgan fingerprint density at radius 3 is 2.43 bits per heavy atom. The number of halogens is 3. The van der Waals surface area contributed by atoms with Crippen molar-refractivity contribution in [1.82, 2.24) is 20.5 Å². The molecule has 2 aromatic heterocycles. The summed E-state index contributed by atoms with van der Waals surface area (Å²) in [6.45, 7) is 5.59. The number of hydrogen-bond acceptors (Lipinski definition) is 6. The van der Waals surface area contributed by atoms with Crippen LogP contribution in [-0.2, 0) is 6.18 Å². The zero-order valence-corrected chi connectivity index (χ0v) is 21.1. The summed E-state index contributed by atoms with van der Waals surface area (Å²) < 4.78 is 45.1. The van der Waals surface area contributed by atoms with Gasteiger partial charge in [-0.3, -0.25) is 4.98 Å². The van der Waals surface area contributed by atoms with Gasteiger partial charge in [-0.25, -0.2) is 4.79 Å². The van der Waals surface area contributed by atoms with Gasteiger partial charge in [-0.2, -0.15) is 13.2 Å². The first-order valence-corrected chi connectivity index (χ1v) is 12.2. The van der Waals surface area contributed by atoms with Gasteiger partial charge in [-0.1, -0.05) is 61.5 Å². The molecule has 0 bridgehead atoms. The average Bonchev–Trinajstić information content (AvgIpc) is 3.30. The van der Waals surface area contributed by atoms with Gasteiger partial charge in [0.1, 0.15) is 6.61 Å². The summed E-state index contributed by atoms with van der Waals surface area (Å²) in [5.41, 5.74) is 0.131. The van der Waals surface area contributed by atoms with Crippen LogP contribution >= 0.6 is 11.3 Å². The molecule has 7 nitrogen and oxygen atoms in total. The monoisotopic (exact) mass is 530 g/mol. The fourth-order valence-corrected chi connectivity index (χ4v) is 5.06. The van der Waals surface area contributed by atoms with E-state index in [1.165, 1.54) is 23.5 Å². The fraction of sp³-hybridized carbons (Fsp3) is 0.308. The van der Waals surface area contributed by atoms with Gasteiger partial charge in [0.25, 0.3) is 5.19 Å². The minimum Gasteiger partial charge on any atom is -0.467 e. The minimum absolute atomic E-state index is 0.0900. The SMILES string of the molecule is CC(C)(C)[C@@H](c1ccc(C(F)(F)F)cc1)C(COc1nnc(-c2ccc3cnccc3c2)s1)NC(=O)O. The van der Waals surface area contributed by atoms with Gasteiger partial charge in [-0.15, -0.1) is 5.10 Å². The Morgan fingerprint density at radius 2 is 1.78 bits per heavy atom. The van der Waals surface area contributed by atoms with Crippen LogP contribution in [-0.4, -0.2) is 39.0 Å². The number of carboxylic acid groups (broad SMARTS) is 1. The zero-order chi connectivity index (χ0) is 26.8. The molecular formula is C26H25F3N4O3S. The smallest absolute Gasteiger partial charge is 0.416 e. The minimum atomic E-state index is -4.46. The summed E-state index contributed by atoms with van der Waals surface area (Å²) in [4.78, 5) is 15.7. The molecule has 194 valence electrons. The molecule has 2 aromatic carbocycles. The van der Waals surface area contributed by atoms with E-state index in [4.69, 9.17) is 4.74 Å². The molecule has 1 amide bonds. The summed E-state index contributed by atoms with van der Waals surface area (Å²) in [5, 5.41) is 23.1. The van der Waals surface area contributed by atoms with Gasteiger partial charge >= 0.3 is 12.3 Å². The van der Waals surface area contributed by atoms with Crippen LogP contribution in [0.2, 0.25) is 0 Å². The third-order valence-electron chi connectivity index (χ3n) is 5.92. The highest BCUT2D eigenvalue weighted by molar-refractivity contribution is 7.16. The highest BCUT2D eigenvalue weighted by Gasteiger charge is 2.37. The van der Waals surface area contributed by atoms with Crippen LogP contribution < -0.4 is 10.1 Å². The Labute approximate surface area is 215 Å². The molecule has 0 radical (unpaired) electrons. The molecule has 0 fully saturated rings. The van der Waals surface area contributed by atoms with E-state index in [0.29, 0.717) is 10.6 Å². The Hall–Kier alpha value is -3.73. The molecule has 0 spiro atoms. The van der Waals surface area contributed by atoms with Gasteiger partial charge in [0.2, 0.25) is 0 Å². The standard InChI is InChI=1S/C26H25F3N4O3S/c1-25(2,3)21(15-6-8-19(9-7-15)26(27,28)29)20(31-23(34)35)14-36-24-33-32-22(37-24)17-4-5-18-13-30-11-10-16(18)12-17/h4-13,20-21,31H,14H2,1-3H3,(H,34,35)/t20?,21-/m0/s1. The Kier molecular flexibility index (Phi) is 7.35. The van der Waals surface area contributed by atoms with Crippen molar-refractivity contribution in [1.29, 1.82) is 0 Å². The molecule has 4 rings (SSSR count). The van der Waals surface area contributed by atoms with Crippen LogP contribution in [0.3, 0.4) is 0 Å². The van der Waals surface area contributed by atoms with E-state index >= 15 is 0 Å².